The van der Waals surface area contributed by atoms with Crippen LogP contribution in [0.4, 0.5) is 5.88 Å². The molecule has 4 nitrogen and oxygen atoms in total. The fourth-order valence-corrected chi connectivity index (χ4v) is 1.38. The van der Waals surface area contributed by atoms with Crippen LogP contribution in [0.3, 0.4) is 0 Å². The number of aromatic nitrogens is 1. The molecule has 0 aliphatic carbocycles. The summed E-state index contributed by atoms with van der Waals surface area (Å²) in [5, 5.41) is 6.86. The van der Waals surface area contributed by atoms with Crippen molar-refractivity contribution < 1.29 is 4.52 Å². The van der Waals surface area contributed by atoms with Crippen molar-refractivity contribution in [2.45, 2.75) is 0 Å². The molecule has 0 aliphatic rings. The summed E-state index contributed by atoms with van der Waals surface area (Å²) in [7, 11) is 0. The van der Waals surface area contributed by atoms with Gasteiger partial charge in [0.2, 0.25) is 5.88 Å². The first-order valence-electron chi connectivity index (χ1n) is 4.86. The second-order valence-corrected chi connectivity index (χ2v) is 3.15. The minimum atomic E-state index is 0.564. The standard InChI is InChI=1S/C11H13N3O/c12-6-7-13-11-10(8-14-15-11)9-4-2-1-3-5-9/h1-5,8,13H,6-7,12H2. The van der Waals surface area contributed by atoms with E-state index in [2.05, 4.69) is 10.5 Å². The van der Waals surface area contributed by atoms with Crippen molar-refractivity contribution >= 4 is 5.88 Å². The molecule has 0 saturated carbocycles. The highest BCUT2D eigenvalue weighted by atomic mass is 16.5. The van der Waals surface area contributed by atoms with Gasteiger partial charge in [-0.1, -0.05) is 35.5 Å². The molecular formula is C11H13N3O. The number of nitrogens with two attached hydrogens (primary N) is 1. The van der Waals surface area contributed by atoms with E-state index in [4.69, 9.17) is 10.3 Å². The van der Waals surface area contributed by atoms with E-state index in [0.29, 0.717) is 19.0 Å². The Morgan fingerprint density at radius 2 is 2.07 bits per heavy atom. The molecule has 0 radical (unpaired) electrons. The summed E-state index contributed by atoms with van der Waals surface area (Å²) >= 11 is 0. The maximum absolute atomic E-state index is 5.41. The summed E-state index contributed by atoms with van der Waals surface area (Å²) in [6, 6.07) is 9.97. The van der Waals surface area contributed by atoms with Gasteiger partial charge < -0.3 is 15.6 Å². The summed E-state index contributed by atoms with van der Waals surface area (Å²) in [5.41, 5.74) is 7.45. The van der Waals surface area contributed by atoms with Crippen LogP contribution >= 0.6 is 0 Å². The quantitative estimate of drug-likeness (QED) is 0.794. The van der Waals surface area contributed by atoms with E-state index in [0.717, 1.165) is 11.1 Å². The second-order valence-electron chi connectivity index (χ2n) is 3.15. The minimum Gasteiger partial charge on any atom is -0.352 e. The van der Waals surface area contributed by atoms with Crippen molar-refractivity contribution in [1.82, 2.24) is 5.16 Å². The van der Waals surface area contributed by atoms with Crippen LogP contribution in [-0.4, -0.2) is 18.2 Å². The van der Waals surface area contributed by atoms with E-state index >= 15 is 0 Å². The normalized spacial score (nSPS) is 10.2. The second kappa shape index (κ2) is 4.61. The fraction of sp³-hybridized carbons (Fsp3) is 0.182. The van der Waals surface area contributed by atoms with Crippen LogP contribution in [0.25, 0.3) is 11.1 Å². The van der Waals surface area contributed by atoms with Crippen molar-refractivity contribution in [2.75, 3.05) is 18.4 Å². The molecule has 1 aromatic heterocycles. The van der Waals surface area contributed by atoms with Crippen LogP contribution in [0.1, 0.15) is 0 Å². The van der Waals surface area contributed by atoms with E-state index in [1.54, 1.807) is 6.20 Å². The van der Waals surface area contributed by atoms with Gasteiger partial charge in [0.25, 0.3) is 0 Å². The van der Waals surface area contributed by atoms with Gasteiger partial charge in [0.05, 0.1) is 11.8 Å². The van der Waals surface area contributed by atoms with E-state index in [-0.39, 0.29) is 0 Å². The van der Waals surface area contributed by atoms with Gasteiger partial charge in [-0.2, -0.15) is 0 Å². The van der Waals surface area contributed by atoms with Crippen LogP contribution in [0, 0.1) is 0 Å². The zero-order chi connectivity index (χ0) is 10.5. The van der Waals surface area contributed by atoms with Crippen molar-refractivity contribution in [2.24, 2.45) is 5.73 Å². The molecule has 0 atom stereocenters. The molecule has 1 heterocycles. The van der Waals surface area contributed by atoms with E-state index in [1.807, 2.05) is 30.3 Å². The average Bonchev–Trinajstić information content (AvgIpc) is 2.75. The molecule has 4 heteroatoms. The lowest BCUT2D eigenvalue weighted by Gasteiger charge is -2.02. The number of benzene rings is 1. The Kier molecular flexibility index (Phi) is 2.99. The summed E-state index contributed by atoms with van der Waals surface area (Å²) in [4.78, 5) is 0. The number of anilines is 1. The van der Waals surface area contributed by atoms with Crippen molar-refractivity contribution in [1.29, 1.82) is 0 Å². The first-order chi connectivity index (χ1) is 7.42. The Balaban J connectivity index is 2.25. The Bertz CT molecular complexity index is 411. The Morgan fingerprint density at radius 1 is 1.27 bits per heavy atom. The molecule has 0 aliphatic heterocycles. The maximum atomic E-state index is 5.41. The highest BCUT2D eigenvalue weighted by Gasteiger charge is 2.08. The molecule has 1 aromatic carbocycles. The van der Waals surface area contributed by atoms with Gasteiger partial charge in [0, 0.05) is 13.1 Å². The molecule has 78 valence electrons. The highest BCUT2D eigenvalue weighted by Crippen LogP contribution is 2.26. The third-order valence-corrected chi connectivity index (χ3v) is 2.09. The topological polar surface area (TPSA) is 64.1 Å². The fourth-order valence-electron chi connectivity index (χ4n) is 1.38. The zero-order valence-electron chi connectivity index (χ0n) is 8.31. The summed E-state index contributed by atoms with van der Waals surface area (Å²) in [6.45, 7) is 1.24. The first-order valence-corrected chi connectivity index (χ1v) is 4.86. The largest absolute Gasteiger partial charge is 0.352 e. The molecule has 0 amide bonds. The zero-order valence-corrected chi connectivity index (χ0v) is 8.31. The smallest absolute Gasteiger partial charge is 0.232 e. The molecular weight excluding hydrogens is 190 g/mol. The third-order valence-electron chi connectivity index (χ3n) is 2.09. The molecule has 2 rings (SSSR count). The van der Waals surface area contributed by atoms with Crippen molar-refractivity contribution in [3.63, 3.8) is 0 Å². The molecule has 2 aromatic rings. The Labute approximate surface area is 88.1 Å². The first kappa shape index (κ1) is 9.73. The molecule has 0 spiro atoms. The van der Waals surface area contributed by atoms with E-state index < -0.39 is 0 Å². The monoisotopic (exact) mass is 203 g/mol. The SMILES string of the molecule is NCCNc1oncc1-c1ccccc1. The lowest BCUT2D eigenvalue weighted by molar-refractivity contribution is 0.432. The van der Waals surface area contributed by atoms with Gasteiger partial charge in [-0.3, -0.25) is 0 Å². The van der Waals surface area contributed by atoms with Crippen LogP contribution in [0.5, 0.6) is 0 Å². The van der Waals surface area contributed by atoms with E-state index in [9.17, 15) is 0 Å². The molecule has 0 fully saturated rings. The lowest BCUT2D eigenvalue weighted by Crippen LogP contribution is -2.12. The van der Waals surface area contributed by atoms with Gasteiger partial charge >= 0.3 is 0 Å². The van der Waals surface area contributed by atoms with Gasteiger partial charge in [-0.15, -0.1) is 0 Å². The van der Waals surface area contributed by atoms with Gasteiger partial charge in [0.1, 0.15) is 0 Å². The molecule has 0 unspecified atom stereocenters. The number of hydrogen-bond acceptors (Lipinski definition) is 4. The number of rotatable bonds is 4. The van der Waals surface area contributed by atoms with Gasteiger partial charge in [-0.25, -0.2) is 0 Å². The average molecular weight is 203 g/mol. The number of nitrogens with one attached hydrogen (secondary N) is 1. The summed E-state index contributed by atoms with van der Waals surface area (Å²) in [6.07, 6.45) is 1.70. The highest BCUT2D eigenvalue weighted by molar-refractivity contribution is 5.73. The van der Waals surface area contributed by atoms with Crippen LogP contribution < -0.4 is 11.1 Å². The van der Waals surface area contributed by atoms with Crippen LogP contribution in [0.15, 0.2) is 41.1 Å². The minimum absolute atomic E-state index is 0.564. The van der Waals surface area contributed by atoms with E-state index in [1.165, 1.54) is 0 Å². The molecule has 0 saturated heterocycles. The van der Waals surface area contributed by atoms with Crippen molar-refractivity contribution in [3.8, 4) is 11.1 Å². The molecule has 3 N–H and O–H groups in total. The lowest BCUT2D eigenvalue weighted by atomic mass is 10.1. The third kappa shape index (κ3) is 2.16. The molecule has 15 heavy (non-hydrogen) atoms. The summed E-state index contributed by atoms with van der Waals surface area (Å²) in [5.74, 6) is 0.673. The Hall–Kier alpha value is -1.81. The van der Waals surface area contributed by atoms with Gasteiger partial charge in [0.15, 0.2) is 0 Å². The molecule has 0 bridgehead atoms. The predicted octanol–water partition coefficient (Wildman–Crippen LogP) is 1.71. The Morgan fingerprint density at radius 3 is 2.80 bits per heavy atom. The number of nitrogens with zero attached hydrogens (tertiary/aromatic N) is 1. The number of hydrogen-bond donors (Lipinski definition) is 2. The predicted molar refractivity (Wildman–Crippen MR) is 59.5 cm³/mol. The maximum Gasteiger partial charge on any atom is 0.232 e. The van der Waals surface area contributed by atoms with Crippen LogP contribution in [-0.2, 0) is 0 Å². The van der Waals surface area contributed by atoms with Crippen molar-refractivity contribution in [3.05, 3.63) is 36.5 Å². The van der Waals surface area contributed by atoms with Crippen LogP contribution in [0.2, 0.25) is 0 Å². The van der Waals surface area contributed by atoms with Gasteiger partial charge in [-0.05, 0) is 5.56 Å². The summed E-state index contributed by atoms with van der Waals surface area (Å²) < 4.78 is 5.10.